The first-order valence-electron chi connectivity index (χ1n) is 4.30. The largest absolute Gasteiger partial charge is 0.382 e. The summed E-state index contributed by atoms with van der Waals surface area (Å²) in [6.45, 7) is 0. The van der Waals surface area contributed by atoms with Gasteiger partial charge in [-0.25, -0.2) is 5.84 Å². The van der Waals surface area contributed by atoms with Gasteiger partial charge in [0.15, 0.2) is 11.6 Å². The highest BCUT2D eigenvalue weighted by Gasteiger charge is 2.09. The van der Waals surface area contributed by atoms with Crippen molar-refractivity contribution in [2.45, 2.75) is 0 Å². The highest BCUT2D eigenvalue weighted by molar-refractivity contribution is 5.51. The average molecular weight is 216 g/mol. The molecule has 8 heteroatoms. The lowest BCUT2D eigenvalue weighted by molar-refractivity contribution is 0.823. The van der Waals surface area contributed by atoms with E-state index in [1.165, 1.54) is 10.9 Å². The molecule has 0 unspecified atom stereocenters. The first kappa shape index (κ1) is 9.88. The summed E-state index contributed by atoms with van der Waals surface area (Å²) in [4.78, 5) is 0. The molecule has 16 heavy (non-hydrogen) atoms. The molecule has 0 aliphatic carbocycles. The second-order valence-electron chi connectivity index (χ2n) is 2.89. The minimum Gasteiger partial charge on any atom is -0.382 e. The van der Waals surface area contributed by atoms with Crippen LogP contribution in [0.15, 0.2) is 18.3 Å². The number of hydrazine groups is 1. The second kappa shape index (κ2) is 3.84. The van der Waals surface area contributed by atoms with Crippen molar-refractivity contribution >= 4 is 11.6 Å². The summed E-state index contributed by atoms with van der Waals surface area (Å²) in [6, 6.07) is 5.17. The Labute approximate surface area is 90.5 Å². The van der Waals surface area contributed by atoms with Gasteiger partial charge >= 0.3 is 0 Å². The van der Waals surface area contributed by atoms with E-state index in [0.717, 1.165) is 0 Å². The van der Waals surface area contributed by atoms with Crippen LogP contribution in [0.4, 0.5) is 11.6 Å². The standard InChI is InChI=1S/C8H8N8/c9-3-5-4-12-16(8(5)10)7-2-1-6(13-11)14-15-7/h1-2,4H,10-11H2,(H,13,14). The van der Waals surface area contributed by atoms with Crippen molar-refractivity contribution in [2.75, 3.05) is 11.2 Å². The van der Waals surface area contributed by atoms with Crippen LogP contribution < -0.4 is 17.0 Å². The molecule has 0 aromatic carbocycles. The molecule has 0 aliphatic rings. The quantitative estimate of drug-likeness (QED) is 0.451. The number of nitriles is 1. The molecule has 0 spiro atoms. The van der Waals surface area contributed by atoms with Crippen LogP contribution in [-0.2, 0) is 0 Å². The third-order valence-electron chi connectivity index (χ3n) is 1.94. The van der Waals surface area contributed by atoms with Crippen LogP contribution in [0.25, 0.3) is 5.82 Å². The Morgan fingerprint density at radius 1 is 1.38 bits per heavy atom. The normalized spacial score (nSPS) is 9.75. The lowest BCUT2D eigenvalue weighted by Crippen LogP contribution is -2.11. The third-order valence-corrected chi connectivity index (χ3v) is 1.94. The zero-order chi connectivity index (χ0) is 11.5. The Morgan fingerprint density at radius 2 is 2.19 bits per heavy atom. The van der Waals surface area contributed by atoms with Crippen molar-refractivity contribution in [1.29, 1.82) is 5.26 Å². The zero-order valence-electron chi connectivity index (χ0n) is 8.12. The lowest BCUT2D eigenvalue weighted by Gasteiger charge is -2.02. The summed E-state index contributed by atoms with van der Waals surface area (Å²) >= 11 is 0. The average Bonchev–Trinajstić information content (AvgIpc) is 2.70. The van der Waals surface area contributed by atoms with Crippen LogP contribution in [0.2, 0.25) is 0 Å². The Kier molecular flexibility index (Phi) is 2.37. The maximum absolute atomic E-state index is 8.71. The summed E-state index contributed by atoms with van der Waals surface area (Å²) in [5, 5.41) is 20.3. The summed E-state index contributed by atoms with van der Waals surface area (Å²) in [7, 11) is 0. The van der Waals surface area contributed by atoms with Crippen LogP contribution in [0.3, 0.4) is 0 Å². The van der Waals surface area contributed by atoms with Gasteiger partial charge < -0.3 is 11.2 Å². The molecule has 2 heterocycles. The molecule has 0 saturated carbocycles. The molecular formula is C8H8N8. The third kappa shape index (κ3) is 1.51. The number of anilines is 2. The van der Waals surface area contributed by atoms with Crippen molar-refractivity contribution in [3.8, 4) is 11.9 Å². The number of hydrogen-bond acceptors (Lipinski definition) is 7. The van der Waals surface area contributed by atoms with E-state index in [9.17, 15) is 0 Å². The first-order valence-corrected chi connectivity index (χ1v) is 4.30. The van der Waals surface area contributed by atoms with Crippen LogP contribution in [0.1, 0.15) is 5.56 Å². The summed E-state index contributed by atoms with van der Waals surface area (Å²) in [6.07, 6.45) is 1.37. The van der Waals surface area contributed by atoms with Gasteiger partial charge in [0.25, 0.3) is 0 Å². The van der Waals surface area contributed by atoms with Crippen molar-refractivity contribution in [1.82, 2.24) is 20.0 Å². The Morgan fingerprint density at radius 3 is 2.69 bits per heavy atom. The highest BCUT2D eigenvalue weighted by atomic mass is 15.4. The molecular weight excluding hydrogens is 208 g/mol. The molecule has 80 valence electrons. The van der Waals surface area contributed by atoms with Gasteiger partial charge in [0.1, 0.15) is 17.5 Å². The number of nitrogens with two attached hydrogens (primary N) is 2. The van der Waals surface area contributed by atoms with Gasteiger partial charge in [-0.3, -0.25) is 0 Å². The van der Waals surface area contributed by atoms with Gasteiger partial charge in [0, 0.05) is 0 Å². The molecule has 0 bridgehead atoms. The predicted molar refractivity (Wildman–Crippen MR) is 56.1 cm³/mol. The Hall–Kier alpha value is -2.66. The van der Waals surface area contributed by atoms with Crippen molar-refractivity contribution < 1.29 is 0 Å². The summed E-state index contributed by atoms with van der Waals surface area (Å²) in [5.74, 6) is 6.22. The fraction of sp³-hybridized carbons (Fsp3) is 0. The monoisotopic (exact) mass is 216 g/mol. The molecule has 2 aromatic rings. The van der Waals surface area contributed by atoms with Crippen LogP contribution in [0.5, 0.6) is 0 Å². The van der Waals surface area contributed by atoms with Gasteiger partial charge in [-0.2, -0.15) is 15.0 Å². The number of nitrogens with zero attached hydrogens (tertiary/aromatic N) is 5. The molecule has 0 atom stereocenters. The zero-order valence-corrected chi connectivity index (χ0v) is 8.12. The topological polar surface area (TPSA) is 131 Å². The number of aromatic nitrogens is 4. The second-order valence-corrected chi connectivity index (χ2v) is 2.89. The molecule has 0 amide bonds. The van der Waals surface area contributed by atoms with E-state index in [2.05, 4.69) is 20.7 Å². The van der Waals surface area contributed by atoms with E-state index in [1.807, 2.05) is 6.07 Å². The van der Waals surface area contributed by atoms with Crippen molar-refractivity contribution in [2.24, 2.45) is 5.84 Å². The van der Waals surface area contributed by atoms with Crippen LogP contribution in [-0.4, -0.2) is 20.0 Å². The van der Waals surface area contributed by atoms with Crippen LogP contribution in [0, 0.1) is 11.3 Å². The smallest absolute Gasteiger partial charge is 0.178 e. The SMILES string of the molecule is N#Cc1cnn(-c2ccc(NN)nn2)c1N. The molecule has 0 fully saturated rings. The van der Waals surface area contributed by atoms with Gasteiger partial charge in [0.05, 0.1) is 6.20 Å². The van der Waals surface area contributed by atoms with Crippen molar-refractivity contribution in [3.05, 3.63) is 23.9 Å². The minimum absolute atomic E-state index is 0.227. The number of hydrogen-bond donors (Lipinski definition) is 3. The number of nitrogen functional groups attached to an aromatic ring is 2. The molecule has 0 saturated heterocycles. The summed E-state index contributed by atoms with van der Waals surface area (Å²) < 4.78 is 1.33. The van der Waals surface area contributed by atoms with Crippen LogP contribution >= 0.6 is 0 Å². The van der Waals surface area contributed by atoms with E-state index < -0.39 is 0 Å². The fourth-order valence-corrected chi connectivity index (χ4v) is 1.14. The maximum Gasteiger partial charge on any atom is 0.178 e. The fourth-order valence-electron chi connectivity index (χ4n) is 1.14. The number of rotatable bonds is 2. The van der Waals surface area contributed by atoms with E-state index in [1.54, 1.807) is 12.1 Å². The lowest BCUT2D eigenvalue weighted by atomic mass is 10.4. The van der Waals surface area contributed by atoms with E-state index in [0.29, 0.717) is 17.2 Å². The molecule has 2 rings (SSSR count). The predicted octanol–water partition coefficient (Wildman–Crippen LogP) is -0.598. The Bertz CT molecular complexity index is 534. The molecule has 8 nitrogen and oxygen atoms in total. The first-order chi connectivity index (χ1) is 7.76. The number of nitrogens with one attached hydrogen (secondary N) is 1. The van der Waals surface area contributed by atoms with E-state index in [4.69, 9.17) is 16.8 Å². The van der Waals surface area contributed by atoms with Gasteiger partial charge in [-0.15, -0.1) is 10.2 Å². The minimum atomic E-state index is 0.227. The molecule has 5 N–H and O–H groups in total. The molecule has 0 aliphatic heterocycles. The van der Waals surface area contributed by atoms with Crippen molar-refractivity contribution in [3.63, 3.8) is 0 Å². The van der Waals surface area contributed by atoms with E-state index in [-0.39, 0.29) is 5.82 Å². The molecule has 0 radical (unpaired) electrons. The van der Waals surface area contributed by atoms with Gasteiger partial charge in [0.2, 0.25) is 0 Å². The van der Waals surface area contributed by atoms with Gasteiger partial charge in [-0.1, -0.05) is 0 Å². The summed E-state index contributed by atoms with van der Waals surface area (Å²) in [5.41, 5.74) is 8.33. The maximum atomic E-state index is 8.71. The Balaban J connectivity index is 2.43. The van der Waals surface area contributed by atoms with E-state index >= 15 is 0 Å². The highest BCUT2D eigenvalue weighted by Crippen LogP contribution is 2.14. The molecule has 2 aromatic heterocycles. The van der Waals surface area contributed by atoms with Gasteiger partial charge in [-0.05, 0) is 12.1 Å².